The van der Waals surface area contributed by atoms with Crippen molar-refractivity contribution in [1.82, 2.24) is 9.71 Å². The van der Waals surface area contributed by atoms with E-state index in [1.807, 2.05) is 0 Å². The molecule has 7 heteroatoms. The number of halogens is 2. The molecule has 0 saturated heterocycles. The summed E-state index contributed by atoms with van der Waals surface area (Å²) < 4.78 is 46.6. The molecule has 0 aliphatic heterocycles. The number of rotatable bonds is 3. The Morgan fingerprint density at radius 1 is 1.46 bits per heavy atom. The molecule has 0 atom stereocenters. The minimum Gasteiger partial charge on any atom is -0.263 e. The summed E-state index contributed by atoms with van der Waals surface area (Å²) in [7, 11) is -4.12. The Labute approximate surface area is 73.7 Å². The van der Waals surface area contributed by atoms with Gasteiger partial charge in [0.05, 0.1) is 0 Å². The van der Waals surface area contributed by atoms with Gasteiger partial charge >= 0.3 is 6.55 Å². The monoisotopic (exact) mass is 208 g/mol. The van der Waals surface area contributed by atoms with Crippen LogP contribution in [0.1, 0.15) is 0 Å². The van der Waals surface area contributed by atoms with Crippen molar-refractivity contribution in [2.75, 3.05) is 0 Å². The minimum absolute atomic E-state index is 0.282. The molecule has 1 N–H and O–H groups in total. The summed E-state index contributed by atoms with van der Waals surface area (Å²) in [6.07, 6.45) is 2.34. The molecule has 0 aliphatic carbocycles. The van der Waals surface area contributed by atoms with Gasteiger partial charge in [-0.05, 0) is 12.1 Å². The van der Waals surface area contributed by atoms with E-state index in [4.69, 9.17) is 0 Å². The molecule has 0 aromatic carbocycles. The molecular formula is C6H6F2N2O2S. The maximum absolute atomic E-state index is 11.7. The first-order valence-corrected chi connectivity index (χ1v) is 4.71. The normalized spacial score (nSPS) is 11.9. The van der Waals surface area contributed by atoms with Gasteiger partial charge in [0.25, 0.3) is 0 Å². The molecule has 1 heterocycles. The van der Waals surface area contributed by atoms with E-state index in [1.165, 1.54) is 18.3 Å². The second-order valence-corrected chi connectivity index (χ2v) is 3.82. The van der Waals surface area contributed by atoms with Crippen molar-refractivity contribution < 1.29 is 17.2 Å². The lowest BCUT2D eigenvalue weighted by Gasteiger charge is -2.03. The average Bonchev–Trinajstić information content (AvgIpc) is 2.04. The molecule has 1 aromatic heterocycles. The molecule has 1 rings (SSSR count). The summed E-state index contributed by atoms with van der Waals surface area (Å²) in [6, 6.07) is 2.53. The molecule has 0 fully saturated rings. The number of pyridine rings is 1. The topological polar surface area (TPSA) is 59.1 Å². The fourth-order valence-corrected chi connectivity index (χ4v) is 1.52. The van der Waals surface area contributed by atoms with E-state index in [1.54, 1.807) is 0 Å². The summed E-state index contributed by atoms with van der Waals surface area (Å²) in [5, 5.41) is 0. The number of hydrogen-bond donors (Lipinski definition) is 1. The quantitative estimate of drug-likeness (QED) is 0.739. The fraction of sp³-hybridized carbons (Fsp3) is 0.167. The second kappa shape index (κ2) is 3.75. The molecule has 0 unspecified atom stereocenters. The number of hydrogen-bond acceptors (Lipinski definition) is 3. The predicted octanol–water partition coefficient (Wildman–Crippen LogP) is 0.583. The standard InChI is InChI=1S/C6H6F2N2O2S/c7-6(8)10-13(11,12)5-2-1-3-9-4-5/h1-4,6,10H. The van der Waals surface area contributed by atoms with Gasteiger partial charge in [-0.2, -0.15) is 13.5 Å². The molecule has 72 valence electrons. The van der Waals surface area contributed by atoms with Crippen LogP contribution in [0.4, 0.5) is 8.78 Å². The van der Waals surface area contributed by atoms with Gasteiger partial charge in [-0.25, -0.2) is 8.42 Å². The van der Waals surface area contributed by atoms with Gasteiger partial charge in [-0.3, -0.25) is 4.98 Å². The van der Waals surface area contributed by atoms with Gasteiger partial charge < -0.3 is 0 Å². The van der Waals surface area contributed by atoms with E-state index in [2.05, 4.69) is 4.98 Å². The van der Waals surface area contributed by atoms with Gasteiger partial charge in [-0.15, -0.1) is 0 Å². The summed E-state index contributed by atoms with van der Waals surface area (Å²) in [4.78, 5) is 3.21. The zero-order valence-corrected chi connectivity index (χ0v) is 7.13. The van der Waals surface area contributed by atoms with Gasteiger partial charge in [0.15, 0.2) is 0 Å². The largest absolute Gasteiger partial charge is 0.305 e. The number of aromatic nitrogens is 1. The fourth-order valence-electron chi connectivity index (χ4n) is 0.691. The van der Waals surface area contributed by atoms with Crippen molar-refractivity contribution in [2.24, 2.45) is 0 Å². The summed E-state index contributed by atoms with van der Waals surface area (Å²) >= 11 is 0. The third-order valence-electron chi connectivity index (χ3n) is 1.19. The van der Waals surface area contributed by atoms with Crippen LogP contribution in [0.2, 0.25) is 0 Å². The van der Waals surface area contributed by atoms with Crippen LogP contribution in [-0.2, 0) is 10.0 Å². The molecule has 0 aliphatic rings. The Kier molecular flexibility index (Phi) is 2.89. The first-order valence-electron chi connectivity index (χ1n) is 3.23. The highest BCUT2D eigenvalue weighted by atomic mass is 32.2. The molecule has 0 bridgehead atoms. The van der Waals surface area contributed by atoms with E-state index in [0.717, 1.165) is 10.9 Å². The number of sulfonamides is 1. The predicted molar refractivity (Wildman–Crippen MR) is 40.6 cm³/mol. The molecule has 0 spiro atoms. The van der Waals surface area contributed by atoms with Crippen LogP contribution < -0.4 is 4.72 Å². The zero-order chi connectivity index (χ0) is 9.90. The minimum atomic E-state index is -4.12. The highest BCUT2D eigenvalue weighted by Crippen LogP contribution is 2.06. The van der Waals surface area contributed by atoms with Crippen molar-refractivity contribution in [3.63, 3.8) is 0 Å². The number of alkyl halides is 2. The number of nitrogens with one attached hydrogen (secondary N) is 1. The first-order chi connectivity index (χ1) is 6.02. The highest BCUT2D eigenvalue weighted by molar-refractivity contribution is 7.89. The third-order valence-corrected chi connectivity index (χ3v) is 2.54. The van der Waals surface area contributed by atoms with Crippen LogP contribution in [-0.4, -0.2) is 20.0 Å². The van der Waals surface area contributed by atoms with E-state index in [0.29, 0.717) is 0 Å². The Balaban J connectivity index is 2.96. The average molecular weight is 208 g/mol. The van der Waals surface area contributed by atoms with Crippen LogP contribution in [0.3, 0.4) is 0 Å². The van der Waals surface area contributed by atoms with E-state index < -0.39 is 16.6 Å². The van der Waals surface area contributed by atoms with Crippen molar-refractivity contribution in [1.29, 1.82) is 0 Å². The van der Waals surface area contributed by atoms with Gasteiger partial charge in [0.2, 0.25) is 10.0 Å². The lowest BCUT2D eigenvalue weighted by molar-refractivity contribution is 0.136. The van der Waals surface area contributed by atoms with E-state index >= 15 is 0 Å². The van der Waals surface area contributed by atoms with E-state index in [9.17, 15) is 17.2 Å². The second-order valence-electron chi connectivity index (χ2n) is 2.11. The van der Waals surface area contributed by atoms with Gasteiger partial charge in [0, 0.05) is 12.4 Å². The van der Waals surface area contributed by atoms with Crippen molar-refractivity contribution in [3.8, 4) is 0 Å². The SMILES string of the molecule is O=S(=O)(NC(F)F)c1cccnc1. The Hall–Kier alpha value is -1.08. The van der Waals surface area contributed by atoms with Gasteiger partial charge in [-0.1, -0.05) is 0 Å². The van der Waals surface area contributed by atoms with Crippen LogP contribution >= 0.6 is 0 Å². The summed E-state index contributed by atoms with van der Waals surface area (Å²) in [6.45, 7) is -3.11. The molecule has 4 nitrogen and oxygen atoms in total. The zero-order valence-electron chi connectivity index (χ0n) is 6.31. The Morgan fingerprint density at radius 2 is 2.15 bits per heavy atom. The Bertz CT molecular complexity index is 365. The summed E-state index contributed by atoms with van der Waals surface area (Å²) in [5.41, 5.74) is 0. The third kappa shape index (κ3) is 2.71. The summed E-state index contributed by atoms with van der Waals surface area (Å²) in [5.74, 6) is 0. The van der Waals surface area contributed by atoms with Gasteiger partial charge in [0.1, 0.15) is 4.90 Å². The van der Waals surface area contributed by atoms with Crippen LogP contribution in [0.25, 0.3) is 0 Å². The van der Waals surface area contributed by atoms with Crippen LogP contribution in [0, 0.1) is 0 Å². The first kappa shape index (κ1) is 10.0. The van der Waals surface area contributed by atoms with Crippen molar-refractivity contribution in [3.05, 3.63) is 24.5 Å². The molecule has 13 heavy (non-hydrogen) atoms. The smallest absolute Gasteiger partial charge is 0.263 e. The molecular weight excluding hydrogens is 202 g/mol. The molecule has 0 amide bonds. The molecule has 1 aromatic rings. The maximum Gasteiger partial charge on any atom is 0.305 e. The van der Waals surface area contributed by atoms with Crippen LogP contribution in [0.5, 0.6) is 0 Å². The molecule has 0 radical (unpaired) electrons. The van der Waals surface area contributed by atoms with Crippen LogP contribution in [0.15, 0.2) is 29.4 Å². The van der Waals surface area contributed by atoms with Crippen molar-refractivity contribution >= 4 is 10.0 Å². The van der Waals surface area contributed by atoms with Crippen molar-refractivity contribution in [2.45, 2.75) is 11.4 Å². The number of nitrogens with zero attached hydrogens (tertiary/aromatic N) is 1. The Morgan fingerprint density at radius 3 is 2.62 bits per heavy atom. The molecule has 0 saturated carbocycles. The maximum atomic E-state index is 11.7. The van der Waals surface area contributed by atoms with E-state index in [-0.39, 0.29) is 4.90 Å². The highest BCUT2D eigenvalue weighted by Gasteiger charge is 2.18. The lowest BCUT2D eigenvalue weighted by Crippen LogP contribution is -2.28. The lowest BCUT2D eigenvalue weighted by atomic mass is 10.5.